The van der Waals surface area contributed by atoms with Crippen LogP contribution in [-0.4, -0.2) is 25.6 Å². The number of amides is 1. The van der Waals surface area contributed by atoms with Crippen LogP contribution >= 0.6 is 11.3 Å². The molecule has 4 N–H and O–H groups in total. The summed E-state index contributed by atoms with van der Waals surface area (Å²) in [6.07, 6.45) is 4.18. The van der Waals surface area contributed by atoms with E-state index in [4.69, 9.17) is 10.3 Å². The third-order valence-corrected chi connectivity index (χ3v) is 7.81. The molecule has 5 heterocycles. The predicted molar refractivity (Wildman–Crippen MR) is 146 cm³/mol. The Labute approximate surface area is 225 Å². The highest BCUT2D eigenvalue weighted by Gasteiger charge is 2.31. The van der Waals surface area contributed by atoms with Crippen molar-refractivity contribution in [2.45, 2.75) is 38.4 Å². The number of fused-ring (bicyclic) bond motifs is 2. The Bertz CT molecular complexity index is 1760. The Morgan fingerprint density at radius 2 is 2.10 bits per heavy atom. The molecule has 2 atom stereocenters. The highest BCUT2D eigenvalue weighted by atomic mass is 32.1. The number of nitrogen functional groups attached to an aromatic ring is 1. The van der Waals surface area contributed by atoms with Crippen molar-refractivity contribution in [2.75, 3.05) is 11.1 Å². The normalized spacial score (nSPS) is 15.3. The summed E-state index contributed by atoms with van der Waals surface area (Å²) in [6, 6.07) is 10.6. The van der Waals surface area contributed by atoms with E-state index in [1.54, 1.807) is 43.5 Å². The Balaban J connectivity index is 1.17. The van der Waals surface area contributed by atoms with E-state index in [2.05, 4.69) is 25.8 Å². The molecule has 39 heavy (non-hydrogen) atoms. The molecule has 1 aromatic carbocycles. The summed E-state index contributed by atoms with van der Waals surface area (Å²) >= 11 is 1.53. The summed E-state index contributed by atoms with van der Waals surface area (Å²) < 4.78 is 22.0. The van der Waals surface area contributed by atoms with Gasteiger partial charge in [-0.3, -0.25) is 14.2 Å². The van der Waals surface area contributed by atoms with Crippen LogP contribution in [0.25, 0.3) is 21.3 Å². The lowest BCUT2D eigenvalue weighted by Crippen LogP contribution is -2.36. The number of carbonyl (C=O) groups is 1. The van der Waals surface area contributed by atoms with Gasteiger partial charge in [0.1, 0.15) is 34.9 Å². The smallest absolute Gasteiger partial charge is 0.277 e. The van der Waals surface area contributed by atoms with Gasteiger partial charge >= 0.3 is 0 Å². The van der Waals surface area contributed by atoms with Crippen molar-refractivity contribution in [1.82, 2.24) is 25.0 Å². The van der Waals surface area contributed by atoms with Gasteiger partial charge in [-0.1, -0.05) is 17.3 Å². The predicted octanol–water partition coefficient (Wildman–Crippen LogP) is 4.21. The minimum absolute atomic E-state index is 0.226. The third kappa shape index (κ3) is 4.74. The Morgan fingerprint density at radius 1 is 1.26 bits per heavy atom. The minimum Gasteiger partial charge on any atom is -0.384 e. The zero-order chi connectivity index (χ0) is 27.1. The van der Waals surface area contributed by atoms with Crippen LogP contribution in [0.5, 0.6) is 0 Å². The number of hydrogen-bond acceptors (Lipinski definition) is 9. The molecule has 0 bridgehead atoms. The summed E-state index contributed by atoms with van der Waals surface area (Å²) in [5, 5.41) is 11.0. The number of halogens is 1. The van der Waals surface area contributed by atoms with Crippen molar-refractivity contribution in [3.05, 3.63) is 87.5 Å². The number of nitrogens with one attached hydrogen (secondary N) is 2. The number of nitrogens with two attached hydrogens (primary N) is 1. The highest BCUT2D eigenvalue weighted by molar-refractivity contribution is 7.19. The van der Waals surface area contributed by atoms with Gasteiger partial charge in [0.05, 0.1) is 18.8 Å². The Morgan fingerprint density at radius 3 is 2.95 bits per heavy atom. The molecule has 0 unspecified atom stereocenters. The standard InChI is InChI=1S/C27H24FN7O3S/c1-14(22-9-19(34-38-22)17-4-2-3-5-18(17)28)33-20-13-31-25-7-6-21(35(25)27(20)37)26(36)32-12-16-8-15-11-30-24(29)10-23(15)39-16/h2-5,8-11,13-14,21,33H,6-7,12H2,1H3,(H2,29,30)(H,32,36)/t14-,21+/m1/s1. The number of carbonyl (C=O) groups excluding carboxylic acids is 1. The van der Waals surface area contributed by atoms with Gasteiger partial charge in [0.25, 0.3) is 5.56 Å². The maximum absolute atomic E-state index is 14.1. The molecule has 5 aromatic rings. The second-order valence-corrected chi connectivity index (χ2v) is 10.5. The monoisotopic (exact) mass is 545 g/mol. The lowest BCUT2D eigenvalue weighted by Gasteiger charge is -2.17. The maximum atomic E-state index is 14.1. The molecule has 0 saturated carbocycles. The first-order chi connectivity index (χ1) is 18.9. The first kappa shape index (κ1) is 24.7. The van der Waals surface area contributed by atoms with Crippen molar-refractivity contribution < 1.29 is 13.7 Å². The molecule has 0 aliphatic carbocycles. The summed E-state index contributed by atoms with van der Waals surface area (Å²) in [6.45, 7) is 2.12. The number of rotatable bonds is 7. The van der Waals surface area contributed by atoms with Crippen molar-refractivity contribution in [3.63, 3.8) is 0 Å². The quantitative estimate of drug-likeness (QED) is 0.276. The number of aromatic nitrogens is 4. The van der Waals surface area contributed by atoms with Crippen LogP contribution < -0.4 is 21.9 Å². The number of hydrogen-bond donors (Lipinski definition) is 3. The molecule has 0 spiro atoms. The molecule has 198 valence electrons. The van der Waals surface area contributed by atoms with Crippen molar-refractivity contribution in [3.8, 4) is 11.3 Å². The fourth-order valence-electron chi connectivity index (χ4n) is 4.73. The Kier molecular flexibility index (Phi) is 6.31. The zero-order valence-corrected chi connectivity index (χ0v) is 21.7. The van der Waals surface area contributed by atoms with E-state index in [1.807, 2.05) is 6.07 Å². The molecule has 0 saturated heterocycles. The molecule has 4 aromatic heterocycles. The fourth-order valence-corrected chi connectivity index (χ4v) is 5.75. The van der Waals surface area contributed by atoms with E-state index >= 15 is 0 Å². The largest absolute Gasteiger partial charge is 0.384 e. The van der Waals surface area contributed by atoms with Gasteiger partial charge in [0, 0.05) is 39.2 Å². The number of pyridine rings is 1. The number of thiophene rings is 1. The average Bonchev–Trinajstić information content (AvgIpc) is 3.67. The van der Waals surface area contributed by atoms with E-state index in [1.165, 1.54) is 28.2 Å². The SMILES string of the molecule is C[C@@H](Nc1cnc2n(c1=O)[C@H](C(=O)NCc1cc3cnc(N)cc3s1)CC2)c1cc(-c2ccccc2F)no1. The number of aryl methyl sites for hydroxylation is 1. The van der Waals surface area contributed by atoms with E-state index in [0.29, 0.717) is 48.0 Å². The molecule has 0 radical (unpaired) electrons. The van der Waals surface area contributed by atoms with Gasteiger partial charge in [-0.15, -0.1) is 11.3 Å². The summed E-state index contributed by atoms with van der Waals surface area (Å²) in [4.78, 5) is 36.0. The molecule has 6 rings (SSSR count). The maximum Gasteiger partial charge on any atom is 0.277 e. The third-order valence-electron chi connectivity index (χ3n) is 6.71. The van der Waals surface area contributed by atoms with Crippen molar-refractivity contribution in [1.29, 1.82) is 0 Å². The van der Waals surface area contributed by atoms with Crippen LogP contribution in [0.1, 0.15) is 41.9 Å². The van der Waals surface area contributed by atoms with Crippen LogP contribution in [0.3, 0.4) is 0 Å². The summed E-state index contributed by atoms with van der Waals surface area (Å²) in [5.41, 5.74) is 6.32. The van der Waals surface area contributed by atoms with E-state index < -0.39 is 17.9 Å². The van der Waals surface area contributed by atoms with Gasteiger partial charge in [0.15, 0.2) is 5.76 Å². The molecule has 1 aliphatic rings. The van der Waals surface area contributed by atoms with E-state index in [0.717, 1.165) is 15.0 Å². The van der Waals surface area contributed by atoms with Crippen molar-refractivity contribution >= 4 is 38.8 Å². The molecule has 0 fully saturated rings. The van der Waals surface area contributed by atoms with Gasteiger partial charge in [-0.05, 0) is 37.6 Å². The zero-order valence-electron chi connectivity index (χ0n) is 20.8. The molecule has 12 heteroatoms. The summed E-state index contributed by atoms with van der Waals surface area (Å²) in [7, 11) is 0. The lowest BCUT2D eigenvalue weighted by molar-refractivity contribution is -0.124. The molecular weight excluding hydrogens is 521 g/mol. The number of benzene rings is 1. The van der Waals surface area contributed by atoms with Crippen LogP contribution in [0.15, 0.2) is 64.2 Å². The molecular formula is C27H24FN7O3S. The van der Waals surface area contributed by atoms with Crippen LogP contribution in [0, 0.1) is 5.82 Å². The fraction of sp³-hybridized carbons (Fsp3) is 0.222. The van der Waals surface area contributed by atoms with Crippen molar-refractivity contribution in [2.24, 2.45) is 0 Å². The number of nitrogens with zero attached hydrogens (tertiary/aromatic N) is 4. The van der Waals surface area contributed by atoms with Gasteiger partial charge in [0.2, 0.25) is 5.91 Å². The Hall–Kier alpha value is -4.58. The van der Waals surface area contributed by atoms with Crippen LogP contribution in [0.2, 0.25) is 0 Å². The van der Waals surface area contributed by atoms with Gasteiger partial charge in [-0.25, -0.2) is 14.4 Å². The minimum atomic E-state index is -0.665. The topological polar surface area (TPSA) is 141 Å². The highest BCUT2D eigenvalue weighted by Crippen LogP contribution is 2.29. The van der Waals surface area contributed by atoms with Crippen LogP contribution in [0.4, 0.5) is 15.9 Å². The van der Waals surface area contributed by atoms with Crippen LogP contribution in [-0.2, 0) is 17.8 Å². The molecule has 1 amide bonds. The first-order valence-corrected chi connectivity index (χ1v) is 13.2. The average molecular weight is 546 g/mol. The number of anilines is 2. The lowest BCUT2D eigenvalue weighted by atomic mass is 10.1. The second-order valence-electron chi connectivity index (χ2n) is 9.36. The summed E-state index contributed by atoms with van der Waals surface area (Å²) in [5.74, 6) is 0.776. The van der Waals surface area contributed by atoms with Gasteiger partial charge < -0.3 is 20.9 Å². The van der Waals surface area contributed by atoms with E-state index in [9.17, 15) is 14.0 Å². The van der Waals surface area contributed by atoms with E-state index in [-0.39, 0.29) is 17.2 Å². The second kappa shape index (κ2) is 9.95. The first-order valence-electron chi connectivity index (χ1n) is 12.4. The van der Waals surface area contributed by atoms with Gasteiger partial charge in [-0.2, -0.15) is 0 Å². The molecule has 10 nitrogen and oxygen atoms in total. The molecule has 1 aliphatic heterocycles.